The Morgan fingerprint density at radius 2 is 2.12 bits per heavy atom. The van der Waals surface area contributed by atoms with E-state index in [4.69, 9.17) is 10.5 Å². The Balaban J connectivity index is 1.74. The van der Waals surface area contributed by atoms with E-state index in [2.05, 4.69) is 4.98 Å². The summed E-state index contributed by atoms with van der Waals surface area (Å²) in [7, 11) is -3.69. The van der Waals surface area contributed by atoms with Crippen LogP contribution in [0.5, 0.6) is 5.75 Å². The maximum absolute atomic E-state index is 12.7. The Hall–Kier alpha value is -2.45. The molecule has 1 atom stereocenters. The van der Waals surface area contributed by atoms with E-state index in [1.807, 2.05) is 0 Å². The SMILES string of the molecule is NC(=O)c1cccc(S(=O)(=O)N2CCC(Oc3cccnc3)C2)c1. The molecule has 1 fully saturated rings. The maximum Gasteiger partial charge on any atom is 0.248 e. The average molecular weight is 347 g/mol. The van der Waals surface area contributed by atoms with Crippen LogP contribution in [0.15, 0.2) is 53.7 Å². The molecule has 0 radical (unpaired) electrons. The highest BCUT2D eigenvalue weighted by atomic mass is 32.2. The van der Waals surface area contributed by atoms with Crippen molar-refractivity contribution in [1.29, 1.82) is 0 Å². The molecule has 1 aromatic heterocycles. The number of carbonyl (C=O) groups is 1. The van der Waals surface area contributed by atoms with Gasteiger partial charge in [-0.05, 0) is 36.8 Å². The van der Waals surface area contributed by atoms with Gasteiger partial charge < -0.3 is 10.5 Å². The summed E-state index contributed by atoms with van der Waals surface area (Å²) in [5, 5.41) is 0. The number of nitrogens with zero attached hydrogens (tertiary/aromatic N) is 2. The number of pyridine rings is 1. The summed E-state index contributed by atoms with van der Waals surface area (Å²) in [5.74, 6) is -0.0521. The van der Waals surface area contributed by atoms with Crippen LogP contribution in [0, 0.1) is 0 Å². The van der Waals surface area contributed by atoms with Crippen LogP contribution < -0.4 is 10.5 Å². The largest absolute Gasteiger partial charge is 0.487 e. The summed E-state index contributed by atoms with van der Waals surface area (Å²) < 4.78 is 32.5. The number of ether oxygens (including phenoxy) is 1. The number of sulfonamides is 1. The van der Waals surface area contributed by atoms with Crippen LogP contribution in [-0.4, -0.2) is 42.8 Å². The number of nitrogens with two attached hydrogens (primary N) is 1. The molecule has 8 heteroatoms. The van der Waals surface area contributed by atoms with Gasteiger partial charge in [0.05, 0.1) is 17.6 Å². The first-order valence-electron chi connectivity index (χ1n) is 7.43. The molecule has 1 aliphatic rings. The second-order valence-corrected chi connectivity index (χ2v) is 7.41. The molecule has 1 saturated heterocycles. The second-order valence-electron chi connectivity index (χ2n) is 5.47. The third-order valence-corrected chi connectivity index (χ3v) is 5.66. The van der Waals surface area contributed by atoms with E-state index in [1.54, 1.807) is 24.5 Å². The number of aromatic nitrogens is 1. The van der Waals surface area contributed by atoms with Crippen LogP contribution in [0.3, 0.4) is 0 Å². The molecule has 2 heterocycles. The first-order chi connectivity index (χ1) is 11.5. The minimum Gasteiger partial charge on any atom is -0.487 e. The lowest BCUT2D eigenvalue weighted by Crippen LogP contribution is -2.31. The summed E-state index contributed by atoms with van der Waals surface area (Å²) in [4.78, 5) is 15.3. The van der Waals surface area contributed by atoms with Crippen molar-refractivity contribution in [2.75, 3.05) is 13.1 Å². The monoisotopic (exact) mass is 347 g/mol. The van der Waals surface area contributed by atoms with Crippen molar-refractivity contribution in [3.05, 3.63) is 54.4 Å². The molecule has 2 aromatic rings. The predicted molar refractivity (Wildman–Crippen MR) is 87.0 cm³/mol. The number of primary amides is 1. The minimum absolute atomic E-state index is 0.0563. The molecule has 24 heavy (non-hydrogen) atoms. The highest BCUT2D eigenvalue weighted by Crippen LogP contribution is 2.24. The predicted octanol–water partition coefficient (Wildman–Crippen LogP) is 1.02. The standard InChI is InChI=1S/C16H17N3O4S/c17-16(20)12-3-1-5-15(9-12)24(21,22)19-8-6-14(11-19)23-13-4-2-7-18-10-13/h1-5,7,9-10,14H,6,8,11H2,(H2,17,20). The number of amides is 1. The number of rotatable bonds is 5. The van der Waals surface area contributed by atoms with Crippen molar-refractivity contribution in [2.45, 2.75) is 17.4 Å². The van der Waals surface area contributed by atoms with Crippen molar-refractivity contribution in [3.8, 4) is 5.75 Å². The van der Waals surface area contributed by atoms with Gasteiger partial charge in [-0.3, -0.25) is 9.78 Å². The number of benzene rings is 1. The lowest BCUT2D eigenvalue weighted by molar-refractivity contribution is 0.1000. The van der Waals surface area contributed by atoms with Gasteiger partial charge in [0, 0.05) is 18.3 Å². The summed E-state index contributed by atoms with van der Waals surface area (Å²) >= 11 is 0. The van der Waals surface area contributed by atoms with E-state index in [0.29, 0.717) is 18.7 Å². The Morgan fingerprint density at radius 3 is 2.83 bits per heavy atom. The van der Waals surface area contributed by atoms with E-state index < -0.39 is 15.9 Å². The van der Waals surface area contributed by atoms with Crippen LogP contribution in [0.25, 0.3) is 0 Å². The van der Waals surface area contributed by atoms with Crippen molar-refractivity contribution in [2.24, 2.45) is 5.73 Å². The fourth-order valence-corrected chi connectivity index (χ4v) is 4.11. The van der Waals surface area contributed by atoms with Gasteiger partial charge in [0.2, 0.25) is 15.9 Å². The smallest absolute Gasteiger partial charge is 0.248 e. The van der Waals surface area contributed by atoms with Crippen molar-refractivity contribution < 1.29 is 17.9 Å². The second kappa shape index (κ2) is 6.58. The summed E-state index contributed by atoms with van der Waals surface area (Å²) in [5.41, 5.74) is 5.38. The summed E-state index contributed by atoms with van der Waals surface area (Å²) in [6, 6.07) is 9.28. The van der Waals surface area contributed by atoms with Crippen molar-refractivity contribution >= 4 is 15.9 Å². The molecule has 1 aliphatic heterocycles. The van der Waals surface area contributed by atoms with E-state index in [1.165, 1.54) is 28.6 Å². The number of carbonyl (C=O) groups excluding carboxylic acids is 1. The lowest BCUT2D eigenvalue weighted by atomic mass is 10.2. The van der Waals surface area contributed by atoms with Crippen LogP contribution >= 0.6 is 0 Å². The topological polar surface area (TPSA) is 103 Å². The van der Waals surface area contributed by atoms with Crippen LogP contribution in [0.2, 0.25) is 0 Å². The molecule has 0 saturated carbocycles. The van der Waals surface area contributed by atoms with E-state index in [-0.39, 0.29) is 23.1 Å². The van der Waals surface area contributed by atoms with Gasteiger partial charge in [0.15, 0.2) is 0 Å². The molecule has 1 amide bonds. The maximum atomic E-state index is 12.7. The third-order valence-electron chi connectivity index (χ3n) is 3.80. The minimum atomic E-state index is -3.69. The lowest BCUT2D eigenvalue weighted by Gasteiger charge is -2.17. The molecule has 3 rings (SSSR count). The molecule has 0 bridgehead atoms. The average Bonchev–Trinajstić information content (AvgIpc) is 3.05. The summed E-state index contributed by atoms with van der Waals surface area (Å²) in [6.07, 6.45) is 3.59. The molecular weight excluding hydrogens is 330 g/mol. The van der Waals surface area contributed by atoms with Gasteiger partial charge in [0.25, 0.3) is 0 Å². The third kappa shape index (κ3) is 3.39. The molecule has 2 N–H and O–H groups in total. The molecule has 1 unspecified atom stereocenters. The normalized spacial score (nSPS) is 18.4. The highest BCUT2D eigenvalue weighted by Gasteiger charge is 2.33. The van der Waals surface area contributed by atoms with Gasteiger partial charge in [-0.25, -0.2) is 8.42 Å². The molecule has 0 aliphatic carbocycles. The van der Waals surface area contributed by atoms with Gasteiger partial charge in [-0.15, -0.1) is 0 Å². The highest BCUT2D eigenvalue weighted by molar-refractivity contribution is 7.89. The number of hydrogen-bond donors (Lipinski definition) is 1. The molecule has 1 aromatic carbocycles. The Labute approximate surface area is 140 Å². The van der Waals surface area contributed by atoms with Crippen molar-refractivity contribution in [3.63, 3.8) is 0 Å². The van der Waals surface area contributed by atoms with Gasteiger partial charge in [-0.1, -0.05) is 6.07 Å². The Kier molecular flexibility index (Phi) is 4.50. The van der Waals surface area contributed by atoms with E-state index >= 15 is 0 Å². The molecule has 7 nitrogen and oxygen atoms in total. The number of hydrogen-bond acceptors (Lipinski definition) is 5. The van der Waals surface area contributed by atoms with Gasteiger partial charge in [-0.2, -0.15) is 4.31 Å². The summed E-state index contributed by atoms with van der Waals surface area (Å²) in [6.45, 7) is 0.603. The van der Waals surface area contributed by atoms with Crippen LogP contribution in [0.1, 0.15) is 16.8 Å². The van der Waals surface area contributed by atoms with Gasteiger partial charge >= 0.3 is 0 Å². The Bertz CT molecular complexity index is 839. The quantitative estimate of drug-likeness (QED) is 0.870. The zero-order valence-electron chi connectivity index (χ0n) is 12.8. The molecule has 126 valence electrons. The fraction of sp³-hybridized carbons (Fsp3) is 0.250. The Morgan fingerprint density at radius 1 is 1.29 bits per heavy atom. The molecular formula is C16H17N3O4S. The fourth-order valence-electron chi connectivity index (χ4n) is 2.58. The van der Waals surface area contributed by atoms with Crippen LogP contribution in [-0.2, 0) is 10.0 Å². The molecule has 0 spiro atoms. The van der Waals surface area contributed by atoms with E-state index in [9.17, 15) is 13.2 Å². The first-order valence-corrected chi connectivity index (χ1v) is 8.87. The van der Waals surface area contributed by atoms with E-state index in [0.717, 1.165) is 0 Å². The van der Waals surface area contributed by atoms with Crippen LogP contribution in [0.4, 0.5) is 0 Å². The zero-order chi connectivity index (χ0) is 17.2. The zero-order valence-corrected chi connectivity index (χ0v) is 13.6. The first kappa shape index (κ1) is 16.4. The van der Waals surface area contributed by atoms with Crippen molar-refractivity contribution in [1.82, 2.24) is 9.29 Å². The van der Waals surface area contributed by atoms with Gasteiger partial charge in [0.1, 0.15) is 11.9 Å².